The highest BCUT2D eigenvalue weighted by atomic mass is 19.1. The first-order valence-corrected chi connectivity index (χ1v) is 12.0. The Bertz CT molecular complexity index is 1590. The van der Waals surface area contributed by atoms with Crippen LogP contribution in [0.4, 0.5) is 4.39 Å². The molecule has 0 atom stereocenters. The molecule has 1 aliphatic rings. The maximum absolute atomic E-state index is 14.5. The van der Waals surface area contributed by atoms with Crippen molar-refractivity contribution in [2.24, 2.45) is 5.92 Å². The number of hydrogen-bond acceptors (Lipinski definition) is 4. The van der Waals surface area contributed by atoms with Crippen LogP contribution in [0, 0.1) is 23.2 Å². The van der Waals surface area contributed by atoms with Gasteiger partial charge in [0.15, 0.2) is 0 Å². The molecule has 0 saturated heterocycles. The summed E-state index contributed by atoms with van der Waals surface area (Å²) in [4.78, 5) is 10.9. The summed E-state index contributed by atoms with van der Waals surface area (Å²) in [7, 11) is 1.57. The minimum Gasteiger partial charge on any atom is -0.497 e. The lowest BCUT2D eigenvalue weighted by atomic mass is 9.72. The monoisotopic (exact) mass is 493 g/mol. The Balaban J connectivity index is 1.78. The average Bonchev–Trinajstić information content (AvgIpc) is 3.26. The molecule has 5 rings (SSSR count). The molecule has 0 spiro atoms. The largest absolute Gasteiger partial charge is 0.497 e. The quantitative estimate of drug-likeness (QED) is 0.228. The van der Waals surface area contributed by atoms with E-state index >= 15 is 0 Å². The van der Waals surface area contributed by atoms with Crippen LogP contribution in [0.15, 0.2) is 66.7 Å². The number of aromatic nitrogens is 2. The molecule has 37 heavy (non-hydrogen) atoms. The van der Waals surface area contributed by atoms with Gasteiger partial charge in [-0.25, -0.2) is 4.79 Å². The number of nitrogens with zero attached hydrogens (tertiary/aromatic N) is 2. The van der Waals surface area contributed by atoms with Gasteiger partial charge in [0, 0.05) is 6.08 Å². The number of aliphatic carboxylic acids is 1. The molecule has 0 radical (unpaired) electrons. The number of fused-ring (bicyclic) bond motifs is 1. The summed E-state index contributed by atoms with van der Waals surface area (Å²) in [5.41, 5.74) is 6.24. The highest BCUT2D eigenvalue weighted by Gasteiger charge is 2.29. The van der Waals surface area contributed by atoms with E-state index in [0.29, 0.717) is 22.2 Å². The number of benzene rings is 3. The van der Waals surface area contributed by atoms with Crippen molar-refractivity contribution >= 4 is 34.1 Å². The standard InChI is InChI=1S/C30H24FN3O3/c1-37-23-11-12-24(22(15-23)17-32)29(19-3-2-4-19)28(20-8-5-18(6-9-20)7-14-27(35)36)21-10-13-26-25(16-21)30(31)34-33-26/h5-16,19H,2-4H2,1H3,(H,33,34)(H,35,36)/b14-7+,29-28?. The third-order valence-electron chi connectivity index (χ3n) is 6.83. The molecule has 3 aromatic carbocycles. The van der Waals surface area contributed by atoms with Crippen molar-refractivity contribution in [1.82, 2.24) is 10.2 Å². The van der Waals surface area contributed by atoms with Crippen LogP contribution < -0.4 is 4.74 Å². The normalized spacial score (nSPS) is 14.3. The van der Waals surface area contributed by atoms with Gasteiger partial charge in [0.25, 0.3) is 0 Å². The lowest BCUT2D eigenvalue weighted by molar-refractivity contribution is -0.131. The zero-order chi connectivity index (χ0) is 25.9. The average molecular weight is 494 g/mol. The van der Waals surface area contributed by atoms with Gasteiger partial charge in [-0.15, -0.1) is 0 Å². The SMILES string of the molecule is COc1ccc(C(=C(c2ccc(/C=C/C(=O)O)cc2)c2ccc3n[nH]c(F)c3c2)C2CCC2)c(C#N)c1. The smallest absolute Gasteiger partial charge is 0.328 e. The number of ether oxygens (including phenoxy) is 1. The number of carbonyl (C=O) groups is 1. The molecule has 1 saturated carbocycles. The first kappa shape index (κ1) is 24.0. The number of halogens is 1. The molecule has 7 heteroatoms. The third kappa shape index (κ3) is 4.74. The van der Waals surface area contributed by atoms with Gasteiger partial charge in [0.05, 0.1) is 29.6 Å². The molecule has 1 fully saturated rings. The predicted octanol–water partition coefficient (Wildman–Crippen LogP) is 6.44. The second-order valence-corrected chi connectivity index (χ2v) is 9.00. The van der Waals surface area contributed by atoms with Crippen LogP contribution in [0.25, 0.3) is 28.1 Å². The summed E-state index contributed by atoms with van der Waals surface area (Å²) in [5, 5.41) is 25.8. The van der Waals surface area contributed by atoms with Crippen molar-refractivity contribution < 1.29 is 19.0 Å². The number of allylic oxidation sites excluding steroid dienone is 1. The summed E-state index contributed by atoms with van der Waals surface area (Å²) >= 11 is 0. The lowest BCUT2D eigenvalue weighted by Crippen LogP contribution is -2.16. The fourth-order valence-electron chi connectivity index (χ4n) is 4.77. The number of nitriles is 1. The molecule has 0 unspecified atom stereocenters. The summed E-state index contributed by atoms with van der Waals surface area (Å²) in [6, 6.07) is 20.9. The van der Waals surface area contributed by atoms with Crippen LogP contribution in [0.2, 0.25) is 0 Å². The van der Waals surface area contributed by atoms with Crippen LogP contribution in [-0.2, 0) is 4.79 Å². The molecule has 1 heterocycles. The lowest BCUT2D eigenvalue weighted by Gasteiger charge is -2.32. The number of carboxylic acids is 1. The van der Waals surface area contributed by atoms with Crippen molar-refractivity contribution in [2.75, 3.05) is 7.11 Å². The molecular formula is C30H24FN3O3. The summed E-state index contributed by atoms with van der Waals surface area (Å²) < 4.78 is 19.9. The van der Waals surface area contributed by atoms with Crippen LogP contribution in [-0.4, -0.2) is 28.4 Å². The fraction of sp³-hybridized carbons (Fsp3) is 0.167. The van der Waals surface area contributed by atoms with Crippen LogP contribution in [0.3, 0.4) is 0 Å². The molecule has 0 amide bonds. The number of rotatable bonds is 7. The molecule has 6 nitrogen and oxygen atoms in total. The Morgan fingerprint density at radius 2 is 1.89 bits per heavy atom. The zero-order valence-electron chi connectivity index (χ0n) is 20.2. The van der Waals surface area contributed by atoms with Crippen molar-refractivity contribution in [2.45, 2.75) is 19.3 Å². The highest BCUT2D eigenvalue weighted by molar-refractivity contribution is 6.02. The van der Waals surface area contributed by atoms with Gasteiger partial charge in [-0.05, 0) is 88.6 Å². The molecule has 184 valence electrons. The van der Waals surface area contributed by atoms with E-state index in [2.05, 4.69) is 16.3 Å². The van der Waals surface area contributed by atoms with E-state index in [1.165, 1.54) is 6.08 Å². The first-order valence-electron chi connectivity index (χ1n) is 12.0. The Hall–Kier alpha value is -4.70. The minimum atomic E-state index is -1.02. The topological polar surface area (TPSA) is 99.0 Å². The van der Waals surface area contributed by atoms with Crippen LogP contribution in [0.1, 0.15) is 47.1 Å². The Labute approximate surface area is 213 Å². The second-order valence-electron chi connectivity index (χ2n) is 9.00. The Kier molecular flexibility index (Phi) is 6.57. The van der Waals surface area contributed by atoms with Gasteiger partial charge in [-0.3, -0.25) is 5.10 Å². The van der Waals surface area contributed by atoms with Gasteiger partial charge >= 0.3 is 5.97 Å². The van der Waals surface area contributed by atoms with Gasteiger partial charge in [0.2, 0.25) is 5.95 Å². The van der Waals surface area contributed by atoms with E-state index < -0.39 is 11.9 Å². The number of aromatic amines is 1. The van der Waals surface area contributed by atoms with E-state index in [1.54, 1.807) is 25.3 Å². The van der Waals surface area contributed by atoms with E-state index in [9.17, 15) is 14.4 Å². The Morgan fingerprint density at radius 3 is 2.54 bits per heavy atom. The summed E-state index contributed by atoms with van der Waals surface area (Å²) in [6.07, 6.45) is 5.69. The Morgan fingerprint density at radius 1 is 1.14 bits per heavy atom. The van der Waals surface area contributed by atoms with Crippen LogP contribution in [0.5, 0.6) is 5.75 Å². The number of carboxylic acid groups (broad SMARTS) is 1. The van der Waals surface area contributed by atoms with Gasteiger partial charge in [-0.1, -0.05) is 36.8 Å². The number of hydrogen-bond donors (Lipinski definition) is 2. The van der Waals surface area contributed by atoms with Gasteiger partial charge in [0.1, 0.15) is 5.75 Å². The van der Waals surface area contributed by atoms with E-state index in [1.807, 2.05) is 42.5 Å². The highest BCUT2D eigenvalue weighted by Crippen LogP contribution is 2.46. The zero-order valence-corrected chi connectivity index (χ0v) is 20.2. The van der Waals surface area contributed by atoms with Gasteiger partial charge < -0.3 is 9.84 Å². The molecule has 0 bridgehead atoms. The maximum Gasteiger partial charge on any atom is 0.328 e. The predicted molar refractivity (Wildman–Crippen MR) is 140 cm³/mol. The summed E-state index contributed by atoms with van der Waals surface area (Å²) in [5.74, 6) is -0.688. The van der Waals surface area contributed by atoms with Crippen LogP contribution >= 0.6 is 0 Å². The fourth-order valence-corrected chi connectivity index (χ4v) is 4.77. The molecular weight excluding hydrogens is 469 g/mol. The van der Waals surface area contributed by atoms with E-state index in [0.717, 1.165) is 58.7 Å². The van der Waals surface area contributed by atoms with E-state index in [4.69, 9.17) is 9.84 Å². The minimum absolute atomic E-state index is 0.229. The number of H-pyrrole nitrogens is 1. The first-order chi connectivity index (χ1) is 18.0. The molecule has 2 N–H and O–H groups in total. The van der Waals surface area contributed by atoms with Gasteiger partial charge in [-0.2, -0.15) is 14.8 Å². The van der Waals surface area contributed by atoms with Crippen molar-refractivity contribution in [3.8, 4) is 11.8 Å². The molecule has 4 aromatic rings. The molecule has 1 aliphatic carbocycles. The second kappa shape index (κ2) is 10.1. The van der Waals surface area contributed by atoms with Crippen molar-refractivity contribution in [3.05, 3.63) is 101 Å². The third-order valence-corrected chi connectivity index (χ3v) is 6.83. The summed E-state index contributed by atoms with van der Waals surface area (Å²) in [6.45, 7) is 0. The number of nitrogens with one attached hydrogen (secondary N) is 1. The van der Waals surface area contributed by atoms with E-state index in [-0.39, 0.29) is 5.92 Å². The molecule has 0 aliphatic heterocycles. The maximum atomic E-state index is 14.5. The van der Waals surface area contributed by atoms with Crippen molar-refractivity contribution in [1.29, 1.82) is 5.26 Å². The number of methoxy groups -OCH3 is 1. The van der Waals surface area contributed by atoms with Crippen molar-refractivity contribution in [3.63, 3.8) is 0 Å². The molecule has 1 aromatic heterocycles.